The van der Waals surface area contributed by atoms with Gasteiger partial charge in [-0.1, -0.05) is 66.7 Å². The maximum absolute atomic E-state index is 2.53. The normalized spacial score (nSPS) is 22.7. The van der Waals surface area contributed by atoms with E-state index in [1.807, 2.05) is 0 Å². The third kappa shape index (κ3) is 4.11. The lowest BCUT2D eigenvalue weighted by Gasteiger charge is -2.39. The maximum atomic E-state index is 2.53. The van der Waals surface area contributed by atoms with E-state index in [1.54, 1.807) is 0 Å². The van der Waals surface area contributed by atoms with E-state index in [2.05, 4.69) is 34.6 Å². The molecule has 0 N–H and O–H groups in total. The molecule has 0 nitrogen and oxygen atoms in total. The second-order valence-electron chi connectivity index (χ2n) is 7.11. The van der Waals surface area contributed by atoms with Gasteiger partial charge in [0.15, 0.2) is 0 Å². The number of hydrogen-bond acceptors (Lipinski definition) is 0. The maximum Gasteiger partial charge on any atom is -0.0298 e. The Bertz CT molecular complexity index is 186. The summed E-state index contributed by atoms with van der Waals surface area (Å²) in [5, 5.41) is 0. The van der Waals surface area contributed by atoms with Gasteiger partial charge in [-0.2, -0.15) is 0 Å². The summed E-state index contributed by atoms with van der Waals surface area (Å²) in [6.45, 7) is 12.1. The van der Waals surface area contributed by atoms with Crippen LogP contribution in [0, 0.1) is 23.2 Å². The van der Waals surface area contributed by atoms with Crippen molar-refractivity contribution in [3.8, 4) is 0 Å². The van der Waals surface area contributed by atoms with Gasteiger partial charge in [-0.15, -0.1) is 0 Å². The van der Waals surface area contributed by atoms with Gasteiger partial charge in [-0.25, -0.2) is 0 Å². The van der Waals surface area contributed by atoms with E-state index in [0.717, 1.165) is 17.8 Å². The van der Waals surface area contributed by atoms with Crippen molar-refractivity contribution in [1.82, 2.24) is 0 Å². The predicted molar refractivity (Wildman–Crippen MR) is 73.6 cm³/mol. The first-order chi connectivity index (χ1) is 7.44. The monoisotopic (exact) mass is 224 g/mol. The molecule has 1 rings (SSSR count). The van der Waals surface area contributed by atoms with Gasteiger partial charge in [0.05, 0.1) is 0 Å². The van der Waals surface area contributed by atoms with Crippen LogP contribution in [0.4, 0.5) is 0 Å². The molecule has 0 heteroatoms. The molecule has 96 valence electrons. The van der Waals surface area contributed by atoms with Crippen LogP contribution >= 0.6 is 0 Å². The molecule has 1 atom stereocenters. The van der Waals surface area contributed by atoms with E-state index in [-0.39, 0.29) is 0 Å². The van der Waals surface area contributed by atoms with Crippen molar-refractivity contribution in [3.63, 3.8) is 0 Å². The van der Waals surface area contributed by atoms with Gasteiger partial charge in [0.25, 0.3) is 0 Å². The molecule has 0 aromatic carbocycles. The van der Waals surface area contributed by atoms with Crippen molar-refractivity contribution in [2.45, 2.75) is 79.6 Å². The highest BCUT2D eigenvalue weighted by molar-refractivity contribution is 4.83. The zero-order chi connectivity index (χ0) is 12.2. The molecule has 0 radical (unpaired) electrons. The Morgan fingerprint density at radius 1 is 1.00 bits per heavy atom. The van der Waals surface area contributed by atoms with E-state index >= 15 is 0 Å². The first kappa shape index (κ1) is 14.1. The Hall–Kier alpha value is 0. The van der Waals surface area contributed by atoms with E-state index in [4.69, 9.17) is 0 Å². The summed E-state index contributed by atoms with van der Waals surface area (Å²) in [5.74, 6) is 2.70. The van der Waals surface area contributed by atoms with Crippen molar-refractivity contribution in [3.05, 3.63) is 0 Å². The fourth-order valence-corrected chi connectivity index (χ4v) is 3.54. The van der Waals surface area contributed by atoms with Crippen LogP contribution in [0.1, 0.15) is 79.6 Å². The van der Waals surface area contributed by atoms with E-state index in [0.29, 0.717) is 5.41 Å². The SMILES string of the molecule is CC(C)CC(C)(CC1CCCCC1)C(C)C. The molecule has 0 spiro atoms. The average Bonchev–Trinajstić information content (AvgIpc) is 2.17. The predicted octanol–water partition coefficient (Wildman–Crippen LogP) is 5.67. The molecule has 0 aromatic rings. The van der Waals surface area contributed by atoms with Gasteiger partial charge in [0, 0.05) is 0 Å². The molecule has 0 heterocycles. The summed E-state index contributed by atoms with van der Waals surface area (Å²) in [7, 11) is 0. The molecule has 0 aliphatic heterocycles. The summed E-state index contributed by atoms with van der Waals surface area (Å²) < 4.78 is 0. The Kier molecular flexibility index (Phi) is 5.34. The fourth-order valence-electron chi connectivity index (χ4n) is 3.54. The van der Waals surface area contributed by atoms with Crippen LogP contribution in [0.25, 0.3) is 0 Å². The van der Waals surface area contributed by atoms with Gasteiger partial charge in [0.2, 0.25) is 0 Å². The van der Waals surface area contributed by atoms with Crippen molar-refractivity contribution in [1.29, 1.82) is 0 Å². The van der Waals surface area contributed by atoms with E-state index < -0.39 is 0 Å². The first-order valence-electron chi connectivity index (χ1n) is 7.44. The minimum Gasteiger partial charge on any atom is -0.0628 e. The second kappa shape index (κ2) is 6.07. The van der Waals surface area contributed by atoms with Crippen LogP contribution in [-0.2, 0) is 0 Å². The molecule has 1 unspecified atom stereocenters. The summed E-state index contributed by atoms with van der Waals surface area (Å²) >= 11 is 0. The highest BCUT2D eigenvalue weighted by Gasteiger charge is 2.32. The zero-order valence-electron chi connectivity index (χ0n) is 12.2. The molecule has 0 aromatic heterocycles. The summed E-state index contributed by atoms with van der Waals surface area (Å²) in [4.78, 5) is 0. The van der Waals surface area contributed by atoms with Crippen LogP contribution in [0.15, 0.2) is 0 Å². The summed E-state index contributed by atoms with van der Waals surface area (Å²) in [6.07, 6.45) is 10.3. The lowest BCUT2D eigenvalue weighted by molar-refractivity contribution is 0.113. The lowest BCUT2D eigenvalue weighted by atomic mass is 9.66. The van der Waals surface area contributed by atoms with E-state index in [9.17, 15) is 0 Å². The van der Waals surface area contributed by atoms with Crippen molar-refractivity contribution >= 4 is 0 Å². The van der Waals surface area contributed by atoms with Crippen molar-refractivity contribution in [2.24, 2.45) is 23.2 Å². The van der Waals surface area contributed by atoms with E-state index in [1.165, 1.54) is 44.9 Å². The van der Waals surface area contributed by atoms with Crippen LogP contribution < -0.4 is 0 Å². The summed E-state index contributed by atoms with van der Waals surface area (Å²) in [6, 6.07) is 0. The minimum absolute atomic E-state index is 0.580. The smallest absolute Gasteiger partial charge is 0.0298 e. The highest BCUT2D eigenvalue weighted by Crippen LogP contribution is 2.43. The van der Waals surface area contributed by atoms with Gasteiger partial charge in [-0.3, -0.25) is 0 Å². The van der Waals surface area contributed by atoms with Gasteiger partial charge < -0.3 is 0 Å². The zero-order valence-corrected chi connectivity index (χ0v) is 12.2. The molecular weight excluding hydrogens is 192 g/mol. The first-order valence-corrected chi connectivity index (χ1v) is 7.44. The highest BCUT2D eigenvalue weighted by atomic mass is 14.4. The Balaban J connectivity index is 2.55. The fraction of sp³-hybridized carbons (Fsp3) is 1.00. The quantitative estimate of drug-likeness (QED) is 0.565. The molecule has 1 aliphatic rings. The third-order valence-electron chi connectivity index (χ3n) is 4.75. The number of hydrogen-bond donors (Lipinski definition) is 0. The molecule has 0 bridgehead atoms. The largest absolute Gasteiger partial charge is 0.0628 e. The Morgan fingerprint density at radius 3 is 2.00 bits per heavy atom. The summed E-state index contributed by atoms with van der Waals surface area (Å²) in [5.41, 5.74) is 0.580. The van der Waals surface area contributed by atoms with Crippen LogP contribution in [-0.4, -0.2) is 0 Å². The van der Waals surface area contributed by atoms with Gasteiger partial charge in [0.1, 0.15) is 0 Å². The van der Waals surface area contributed by atoms with Crippen molar-refractivity contribution < 1.29 is 0 Å². The molecule has 16 heavy (non-hydrogen) atoms. The molecule has 0 amide bonds. The Morgan fingerprint density at radius 2 is 1.56 bits per heavy atom. The second-order valence-corrected chi connectivity index (χ2v) is 7.11. The molecule has 1 aliphatic carbocycles. The van der Waals surface area contributed by atoms with Crippen LogP contribution in [0.3, 0.4) is 0 Å². The number of rotatable bonds is 5. The van der Waals surface area contributed by atoms with Gasteiger partial charge >= 0.3 is 0 Å². The Labute approximate surface area is 103 Å². The van der Waals surface area contributed by atoms with Crippen LogP contribution in [0.2, 0.25) is 0 Å². The standard InChI is InChI=1S/C16H32/c1-13(2)11-16(5,14(3)4)12-15-9-7-6-8-10-15/h13-15H,6-12H2,1-5H3. The average molecular weight is 224 g/mol. The van der Waals surface area contributed by atoms with Crippen molar-refractivity contribution in [2.75, 3.05) is 0 Å². The van der Waals surface area contributed by atoms with Crippen LogP contribution in [0.5, 0.6) is 0 Å². The van der Waals surface area contributed by atoms with Gasteiger partial charge in [-0.05, 0) is 36.0 Å². The minimum atomic E-state index is 0.580. The molecule has 0 saturated heterocycles. The molecule has 1 saturated carbocycles. The molecular formula is C16H32. The lowest BCUT2D eigenvalue weighted by Crippen LogP contribution is -2.29. The topological polar surface area (TPSA) is 0 Å². The third-order valence-corrected chi connectivity index (χ3v) is 4.75. The molecule has 1 fully saturated rings.